The molecule has 124 valence electrons. The van der Waals surface area contributed by atoms with Crippen LogP contribution in [-0.2, 0) is 0 Å². The van der Waals surface area contributed by atoms with Gasteiger partial charge in [-0.25, -0.2) is 14.4 Å². The van der Waals surface area contributed by atoms with E-state index in [1.807, 2.05) is 0 Å². The Balaban J connectivity index is 1.70. The molecule has 3 heterocycles. The molecule has 25 heavy (non-hydrogen) atoms. The van der Waals surface area contributed by atoms with Gasteiger partial charge in [0.1, 0.15) is 23.0 Å². The Hall–Kier alpha value is -3.48. The van der Waals surface area contributed by atoms with Gasteiger partial charge in [0.2, 0.25) is 5.88 Å². The summed E-state index contributed by atoms with van der Waals surface area (Å²) >= 11 is 0. The molecule has 4 rings (SSSR count). The van der Waals surface area contributed by atoms with Crippen LogP contribution in [0.5, 0.6) is 11.6 Å². The summed E-state index contributed by atoms with van der Waals surface area (Å²) in [5.41, 5.74) is 7.59. The van der Waals surface area contributed by atoms with Gasteiger partial charge < -0.3 is 14.9 Å². The molecular weight excluding hydrogens is 323 g/mol. The van der Waals surface area contributed by atoms with Gasteiger partial charge in [-0.1, -0.05) is 0 Å². The fraction of sp³-hybridized carbons (Fsp3) is 0.0556. The highest BCUT2D eigenvalue weighted by atomic mass is 19.1. The first-order valence-electron chi connectivity index (χ1n) is 7.51. The van der Waals surface area contributed by atoms with Crippen molar-refractivity contribution in [2.24, 2.45) is 0 Å². The number of halogens is 1. The van der Waals surface area contributed by atoms with Crippen LogP contribution in [0.25, 0.3) is 22.2 Å². The van der Waals surface area contributed by atoms with Crippen LogP contribution in [-0.4, -0.2) is 15.0 Å². The molecule has 0 aliphatic heterocycles. The minimum atomic E-state index is -0.486. The number of aryl methyl sites for hydroxylation is 1. The quantitative estimate of drug-likeness (QED) is 0.606. The van der Waals surface area contributed by atoms with Gasteiger partial charge in [0.15, 0.2) is 0 Å². The topological polar surface area (TPSA) is 87.1 Å². The Morgan fingerprint density at radius 3 is 2.88 bits per heavy atom. The maximum Gasteiger partial charge on any atom is 0.230 e. The summed E-state index contributed by atoms with van der Waals surface area (Å²) in [4.78, 5) is 12.4. The number of benzene rings is 1. The van der Waals surface area contributed by atoms with E-state index >= 15 is 0 Å². The normalized spacial score (nSPS) is 11.0. The predicted molar refractivity (Wildman–Crippen MR) is 90.7 cm³/mol. The largest absolute Gasteiger partial charge is 0.464 e. The fourth-order valence-corrected chi connectivity index (χ4v) is 2.53. The maximum atomic E-state index is 14.6. The monoisotopic (exact) mass is 336 g/mol. The summed E-state index contributed by atoms with van der Waals surface area (Å²) in [6.45, 7) is 1.75. The van der Waals surface area contributed by atoms with Crippen LogP contribution in [0, 0.1) is 12.7 Å². The number of aromatic nitrogens is 3. The minimum absolute atomic E-state index is 0.233. The minimum Gasteiger partial charge on any atom is -0.464 e. The smallest absolute Gasteiger partial charge is 0.230 e. The lowest BCUT2D eigenvalue weighted by Gasteiger charge is -2.09. The second-order valence-corrected chi connectivity index (χ2v) is 5.42. The number of nitrogens with two attached hydrogens (primary N) is 1. The molecular formula is C18H13FN4O2. The highest BCUT2D eigenvalue weighted by molar-refractivity contribution is 5.82. The first-order chi connectivity index (χ1) is 12.1. The van der Waals surface area contributed by atoms with Crippen molar-refractivity contribution >= 4 is 16.8 Å². The zero-order valence-electron chi connectivity index (χ0n) is 13.2. The fourth-order valence-electron chi connectivity index (χ4n) is 2.53. The number of pyridine rings is 1. The summed E-state index contributed by atoms with van der Waals surface area (Å²) in [5.74, 6) is 0.409. The maximum absolute atomic E-state index is 14.6. The van der Waals surface area contributed by atoms with Crippen molar-refractivity contribution in [3.8, 4) is 22.9 Å². The number of nitrogens with zero attached hydrogens (tertiary/aromatic N) is 3. The van der Waals surface area contributed by atoms with Crippen molar-refractivity contribution < 1.29 is 13.5 Å². The van der Waals surface area contributed by atoms with E-state index in [9.17, 15) is 4.39 Å². The Bertz CT molecular complexity index is 1080. The average Bonchev–Trinajstić information content (AvgIpc) is 3.07. The van der Waals surface area contributed by atoms with Gasteiger partial charge >= 0.3 is 0 Å². The number of anilines is 1. The molecule has 3 aromatic heterocycles. The molecule has 1 aromatic carbocycles. The van der Waals surface area contributed by atoms with Gasteiger partial charge in [-0.05, 0) is 31.2 Å². The SMILES string of the molecule is Cc1ncc(N)nc1-c1ccc(Oc2nccc3occc23)cc1F. The lowest BCUT2D eigenvalue weighted by Crippen LogP contribution is -1.99. The van der Waals surface area contributed by atoms with Gasteiger partial charge in [-0.2, -0.15) is 0 Å². The second kappa shape index (κ2) is 5.86. The molecule has 4 aromatic rings. The number of rotatable bonds is 3. The number of hydrogen-bond donors (Lipinski definition) is 1. The molecule has 0 atom stereocenters. The average molecular weight is 336 g/mol. The van der Waals surface area contributed by atoms with Gasteiger partial charge in [0, 0.05) is 17.8 Å². The standard InChI is InChI=1S/C18H13FN4O2/c1-10-17(23-16(20)9-22-10)12-3-2-11(8-14(12)19)25-18-13-5-7-24-15(13)4-6-21-18/h2-9H,1H3,(H2,20,23). The summed E-state index contributed by atoms with van der Waals surface area (Å²) in [6.07, 6.45) is 4.55. The van der Waals surface area contributed by atoms with E-state index in [0.29, 0.717) is 39.6 Å². The summed E-state index contributed by atoms with van der Waals surface area (Å²) in [6, 6.07) is 7.97. The molecule has 0 aliphatic carbocycles. The van der Waals surface area contributed by atoms with Crippen molar-refractivity contribution in [1.82, 2.24) is 15.0 Å². The first kappa shape index (κ1) is 15.1. The third-order valence-corrected chi connectivity index (χ3v) is 3.73. The van der Waals surface area contributed by atoms with Crippen molar-refractivity contribution in [2.75, 3.05) is 5.73 Å². The van der Waals surface area contributed by atoms with Crippen molar-refractivity contribution in [3.63, 3.8) is 0 Å². The molecule has 0 saturated heterocycles. The van der Waals surface area contributed by atoms with Crippen molar-refractivity contribution in [3.05, 3.63) is 60.5 Å². The summed E-state index contributed by atoms with van der Waals surface area (Å²) in [5, 5.41) is 0.713. The van der Waals surface area contributed by atoms with Gasteiger partial charge in [0.05, 0.1) is 29.2 Å². The third-order valence-electron chi connectivity index (χ3n) is 3.73. The third kappa shape index (κ3) is 2.76. The van der Waals surface area contributed by atoms with Crippen molar-refractivity contribution in [2.45, 2.75) is 6.92 Å². The number of furan rings is 1. The Morgan fingerprint density at radius 1 is 1.16 bits per heavy atom. The van der Waals surface area contributed by atoms with E-state index < -0.39 is 5.82 Å². The van der Waals surface area contributed by atoms with Crippen LogP contribution in [0.1, 0.15) is 5.69 Å². The molecule has 0 saturated carbocycles. The van der Waals surface area contributed by atoms with Crippen LogP contribution < -0.4 is 10.5 Å². The molecule has 0 fully saturated rings. The Labute approximate surface area is 142 Å². The molecule has 2 N–H and O–H groups in total. The molecule has 0 unspecified atom stereocenters. The molecule has 0 bridgehead atoms. The van der Waals surface area contributed by atoms with E-state index in [0.717, 1.165) is 0 Å². The number of nitrogen functional groups attached to an aromatic ring is 1. The predicted octanol–water partition coefficient (Wildman–Crippen LogP) is 4.11. The number of ether oxygens (including phenoxy) is 1. The summed E-state index contributed by atoms with van der Waals surface area (Å²) in [7, 11) is 0. The Kier molecular flexibility index (Phi) is 3.53. The molecule has 0 spiro atoms. The first-order valence-corrected chi connectivity index (χ1v) is 7.51. The van der Waals surface area contributed by atoms with E-state index in [2.05, 4.69) is 15.0 Å². The van der Waals surface area contributed by atoms with Crippen LogP contribution in [0.3, 0.4) is 0 Å². The zero-order valence-corrected chi connectivity index (χ0v) is 13.2. The molecule has 0 aliphatic rings. The van der Waals surface area contributed by atoms with Crippen LogP contribution in [0.4, 0.5) is 10.2 Å². The molecule has 6 nitrogen and oxygen atoms in total. The highest BCUT2D eigenvalue weighted by Gasteiger charge is 2.14. The van der Waals surface area contributed by atoms with Crippen LogP contribution >= 0.6 is 0 Å². The lowest BCUT2D eigenvalue weighted by atomic mass is 10.1. The van der Waals surface area contributed by atoms with Gasteiger partial charge in [-0.3, -0.25) is 4.98 Å². The number of fused-ring (bicyclic) bond motifs is 1. The number of hydrogen-bond acceptors (Lipinski definition) is 6. The van der Waals surface area contributed by atoms with Crippen LogP contribution in [0.2, 0.25) is 0 Å². The summed E-state index contributed by atoms with van der Waals surface area (Å²) < 4.78 is 25.6. The lowest BCUT2D eigenvalue weighted by molar-refractivity contribution is 0.464. The Morgan fingerprint density at radius 2 is 2.04 bits per heavy atom. The van der Waals surface area contributed by atoms with E-state index in [1.165, 1.54) is 12.3 Å². The zero-order chi connectivity index (χ0) is 17.4. The molecule has 0 radical (unpaired) electrons. The van der Waals surface area contributed by atoms with E-state index in [1.54, 1.807) is 43.6 Å². The molecule has 0 amide bonds. The van der Waals surface area contributed by atoms with Gasteiger partial charge in [0.25, 0.3) is 0 Å². The second-order valence-electron chi connectivity index (χ2n) is 5.42. The van der Waals surface area contributed by atoms with Gasteiger partial charge in [-0.15, -0.1) is 0 Å². The van der Waals surface area contributed by atoms with E-state index in [-0.39, 0.29) is 5.82 Å². The molecule has 7 heteroatoms. The van der Waals surface area contributed by atoms with Crippen LogP contribution in [0.15, 0.2) is 53.4 Å². The van der Waals surface area contributed by atoms with E-state index in [4.69, 9.17) is 14.9 Å². The van der Waals surface area contributed by atoms with Crippen molar-refractivity contribution in [1.29, 1.82) is 0 Å². The highest BCUT2D eigenvalue weighted by Crippen LogP contribution is 2.31.